The number of nitrogens with two attached hydrogens (primary N) is 1. The maximum Gasteiger partial charge on any atom is 0.268 e. The fourth-order valence-electron chi connectivity index (χ4n) is 0.808. The van der Waals surface area contributed by atoms with Crippen LogP contribution in [0.2, 0.25) is 5.02 Å². The second-order valence-electron chi connectivity index (χ2n) is 2.20. The van der Waals surface area contributed by atoms with Crippen molar-refractivity contribution in [3.05, 3.63) is 22.5 Å². The fraction of sp³-hybridized carbons (Fsp3) is 0.143. The van der Waals surface area contributed by atoms with Gasteiger partial charge >= 0.3 is 0 Å². The van der Waals surface area contributed by atoms with Crippen LogP contribution in [0.3, 0.4) is 0 Å². The average molecular weight is 204 g/mol. The first-order chi connectivity index (χ1) is 6.07. The molecule has 0 spiro atoms. The normalized spacial score (nSPS) is 10.1. The third kappa shape index (κ3) is 1.68. The lowest BCUT2D eigenvalue weighted by atomic mass is 10.2. The molecular formula is C7H4ClF2N3. The molecule has 0 bridgehead atoms. The summed E-state index contributed by atoms with van der Waals surface area (Å²) in [5.41, 5.74) is 4.18. The highest BCUT2D eigenvalue weighted by molar-refractivity contribution is 6.33. The first-order valence-corrected chi connectivity index (χ1v) is 3.57. The minimum atomic E-state index is -2.85. The molecule has 6 heteroatoms. The van der Waals surface area contributed by atoms with Crippen molar-refractivity contribution in [2.24, 2.45) is 0 Å². The first-order valence-electron chi connectivity index (χ1n) is 3.20. The molecule has 2 N–H and O–H groups in total. The Balaban J connectivity index is 3.43. The van der Waals surface area contributed by atoms with Crippen molar-refractivity contribution >= 4 is 17.3 Å². The van der Waals surface area contributed by atoms with E-state index in [9.17, 15) is 8.78 Å². The summed E-state index contributed by atoms with van der Waals surface area (Å²) in [6, 6.07) is 1.51. The van der Waals surface area contributed by atoms with E-state index in [1.165, 1.54) is 6.07 Å². The number of hydrogen-bond donors (Lipinski definition) is 1. The van der Waals surface area contributed by atoms with E-state index in [4.69, 9.17) is 22.6 Å². The van der Waals surface area contributed by atoms with E-state index < -0.39 is 17.7 Å². The second-order valence-corrected chi connectivity index (χ2v) is 2.58. The smallest absolute Gasteiger partial charge is 0.268 e. The van der Waals surface area contributed by atoms with Gasteiger partial charge in [0.2, 0.25) is 0 Å². The lowest BCUT2D eigenvalue weighted by Gasteiger charge is -2.05. The number of pyridine rings is 1. The van der Waals surface area contributed by atoms with E-state index >= 15 is 0 Å². The molecule has 0 saturated carbocycles. The Morgan fingerprint density at radius 1 is 1.62 bits per heavy atom. The SMILES string of the molecule is N#Cc1ncc(N)c(Cl)c1C(F)F. The van der Waals surface area contributed by atoms with Gasteiger partial charge in [-0.15, -0.1) is 0 Å². The van der Waals surface area contributed by atoms with E-state index in [1.807, 2.05) is 0 Å². The lowest BCUT2D eigenvalue weighted by molar-refractivity contribution is 0.151. The zero-order valence-corrected chi connectivity index (χ0v) is 7.02. The molecule has 0 aliphatic rings. The number of nitrogens with zero attached hydrogens (tertiary/aromatic N) is 2. The van der Waals surface area contributed by atoms with E-state index in [-0.39, 0.29) is 10.7 Å². The molecule has 1 aromatic rings. The van der Waals surface area contributed by atoms with Gasteiger partial charge in [0.1, 0.15) is 6.07 Å². The molecule has 13 heavy (non-hydrogen) atoms. The highest BCUT2D eigenvalue weighted by atomic mass is 35.5. The molecule has 0 amide bonds. The van der Waals surface area contributed by atoms with E-state index in [0.29, 0.717) is 0 Å². The van der Waals surface area contributed by atoms with E-state index in [2.05, 4.69) is 4.98 Å². The minimum absolute atomic E-state index is 0.0593. The van der Waals surface area contributed by atoms with Gasteiger partial charge < -0.3 is 5.73 Å². The number of halogens is 3. The summed E-state index contributed by atoms with van der Waals surface area (Å²) in [4.78, 5) is 3.43. The summed E-state index contributed by atoms with van der Waals surface area (Å²) >= 11 is 5.48. The van der Waals surface area contributed by atoms with Gasteiger partial charge in [-0.25, -0.2) is 13.8 Å². The van der Waals surface area contributed by atoms with Crippen molar-refractivity contribution < 1.29 is 8.78 Å². The molecule has 0 aliphatic heterocycles. The summed E-state index contributed by atoms with van der Waals surface area (Å²) < 4.78 is 24.6. The van der Waals surface area contributed by atoms with Gasteiger partial charge in [0.15, 0.2) is 5.69 Å². The largest absolute Gasteiger partial charge is 0.396 e. The number of aromatic nitrogens is 1. The molecule has 68 valence electrons. The molecule has 0 aromatic carbocycles. The monoisotopic (exact) mass is 203 g/mol. The highest BCUT2D eigenvalue weighted by Crippen LogP contribution is 2.32. The Labute approximate surface area is 77.7 Å². The Kier molecular flexibility index (Phi) is 2.63. The van der Waals surface area contributed by atoms with Crippen molar-refractivity contribution in [1.82, 2.24) is 4.98 Å². The van der Waals surface area contributed by atoms with Gasteiger partial charge in [0, 0.05) is 0 Å². The van der Waals surface area contributed by atoms with Crippen LogP contribution in [0.15, 0.2) is 6.20 Å². The van der Waals surface area contributed by atoms with Gasteiger partial charge in [-0.05, 0) is 0 Å². The number of anilines is 1. The third-order valence-corrected chi connectivity index (χ3v) is 1.82. The molecule has 0 fully saturated rings. The van der Waals surface area contributed by atoms with Crippen molar-refractivity contribution in [2.75, 3.05) is 5.73 Å². The zero-order chi connectivity index (χ0) is 10.0. The van der Waals surface area contributed by atoms with Crippen molar-refractivity contribution in [3.8, 4) is 6.07 Å². The van der Waals surface area contributed by atoms with Gasteiger partial charge in [0.05, 0.1) is 22.5 Å². The van der Waals surface area contributed by atoms with Crippen LogP contribution in [0.25, 0.3) is 0 Å². The van der Waals surface area contributed by atoms with Gasteiger partial charge in [0.25, 0.3) is 6.43 Å². The van der Waals surface area contributed by atoms with Gasteiger partial charge in [-0.3, -0.25) is 0 Å². The molecule has 0 saturated heterocycles. The molecular weight excluding hydrogens is 200 g/mol. The number of nitrogen functional groups attached to an aromatic ring is 1. The number of nitriles is 1. The number of alkyl halides is 2. The first kappa shape index (κ1) is 9.68. The standard InChI is InChI=1S/C7H4ClF2N3/c8-6-3(12)2-13-4(1-11)5(6)7(9)10/h2,7H,12H2. The predicted molar refractivity (Wildman–Crippen MR) is 43.3 cm³/mol. The van der Waals surface area contributed by atoms with Crippen molar-refractivity contribution in [2.45, 2.75) is 6.43 Å². The maximum absolute atomic E-state index is 12.3. The Bertz CT molecular complexity index is 373. The van der Waals surface area contributed by atoms with Crippen molar-refractivity contribution in [1.29, 1.82) is 5.26 Å². The maximum atomic E-state index is 12.3. The average Bonchev–Trinajstić information content (AvgIpc) is 2.08. The molecule has 1 rings (SSSR count). The van der Waals surface area contributed by atoms with E-state index in [0.717, 1.165) is 6.20 Å². The zero-order valence-electron chi connectivity index (χ0n) is 6.26. The molecule has 1 heterocycles. The van der Waals surface area contributed by atoms with Crippen LogP contribution in [-0.4, -0.2) is 4.98 Å². The Hall–Kier alpha value is -1.41. The molecule has 0 aliphatic carbocycles. The van der Waals surface area contributed by atoms with Crippen LogP contribution in [0.1, 0.15) is 17.7 Å². The molecule has 1 aromatic heterocycles. The van der Waals surface area contributed by atoms with Crippen LogP contribution in [0.5, 0.6) is 0 Å². The lowest BCUT2D eigenvalue weighted by Crippen LogP contribution is -1.99. The van der Waals surface area contributed by atoms with Crippen LogP contribution in [0, 0.1) is 11.3 Å². The summed E-state index contributed by atoms with van der Waals surface area (Å²) in [7, 11) is 0. The summed E-state index contributed by atoms with van der Waals surface area (Å²) in [6.07, 6.45) is -1.77. The minimum Gasteiger partial charge on any atom is -0.396 e. The predicted octanol–water partition coefficient (Wildman–Crippen LogP) is 2.13. The molecule has 0 atom stereocenters. The fourth-order valence-corrected chi connectivity index (χ4v) is 1.03. The van der Waals surface area contributed by atoms with E-state index in [1.54, 1.807) is 0 Å². The number of hydrogen-bond acceptors (Lipinski definition) is 3. The molecule has 0 radical (unpaired) electrons. The Morgan fingerprint density at radius 3 is 2.69 bits per heavy atom. The summed E-state index contributed by atoms with van der Waals surface area (Å²) in [5, 5.41) is 8.13. The van der Waals surface area contributed by atoms with Crippen LogP contribution >= 0.6 is 11.6 Å². The van der Waals surface area contributed by atoms with Gasteiger partial charge in [-0.1, -0.05) is 11.6 Å². The topological polar surface area (TPSA) is 62.7 Å². The van der Waals surface area contributed by atoms with Crippen LogP contribution in [0.4, 0.5) is 14.5 Å². The Morgan fingerprint density at radius 2 is 2.23 bits per heavy atom. The van der Waals surface area contributed by atoms with Crippen molar-refractivity contribution in [3.63, 3.8) is 0 Å². The quantitative estimate of drug-likeness (QED) is 0.761. The molecule has 3 nitrogen and oxygen atoms in total. The molecule has 0 unspecified atom stereocenters. The third-order valence-electron chi connectivity index (χ3n) is 1.40. The van der Waals surface area contributed by atoms with Crippen LogP contribution in [-0.2, 0) is 0 Å². The van der Waals surface area contributed by atoms with Crippen LogP contribution < -0.4 is 5.73 Å². The summed E-state index contributed by atoms with van der Waals surface area (Å²) in [6.45, 7) is 0. The number of rotatable bonds is 1. The highest BCUT2D eigenvalue weighted by Gasteiger charge is 2.20. The summed E-state index contributed by atoms with van der Waals surface area (Å²) in [5.74, 6) is 0. The second kappa shape index (κ2) is 3.54. The van der Waals surface area contributed by atoms with Gasteiger partial charge in [-0.2, -0.15) is 5.26 Å².